The highest BCUT2D eigenvalue weighted by atomic mass is 79.9. The number of fused-ring (bicyclic) bond motifs is 1. The normalized spacial score (nSPS) is 11.3. The van der Waals surface area contributed by atoms with Gasteiger partial charge in [-0.25, -0.2) is 5.43 Å². The number of nitrogens with zero attached hydrogens (tertiary/aromatic N) is 2. The third kappa shape index (κ3) is 4.00. The minimum Gasteiger partial charge on any atom is -0.507 e. The van der Waals surface area contributed by atoms with Gasteiger partial charge in [-0.2, -0.15) is 5.10 Å². The third-order valence-corrected chi connectivity index (χ3v) is 5.52. The average molecular weight is 462 g/mol. The SMILES string of the molecule is Cc1c(/C=N\NC(=O)c2cc(Br)ccc2O)c2ccccc2n1Cc1ccccc1. The zero-order valence-corrected chi connectivity index (χ0v) is 17.9. The first kappa shape index (κ1) is 19.9. The summed E-state index contributed by atoms with van der Waals surface area (Å²) in [6.45, 7) is 2.80. The van der Waals surface area contributed by atoms with Crippen LogP contribution < -0.4 is 5.43 Å². The number of phenolic OH excluding ortho intramolecular Hbond substituents is 1. The molecule has 4 aromatic rings. The second-order valence-corrected chi connectivity index (χ2v) is 7.86. The number of rotatable bonds is 5. The Bertz CT molecular complexity index is 1250. The van der Waals surface area contributed by atoms with E-state index in [1.54, 1.807) is 18.3 Å². The van der Waals surface area contributed by atoms with E-state index in [0.29, 0.717) is 4.47 Å². The maximum Gasteiger partial charge on any atom is 0.275 e. The number of aromatic nitrogens is 1. The number of halogens is 1. The number of hydrogen-bond donors (Lipinski definition) is 2. The Hall–Kier alpha value is -3.38. The highest BCUT2D eigenvalue weighted by Gasteiger charge is 2.14. The second-order valence-electron chi connectivity index (χ2n) is 6.95. The van der Waals surface area contributed by atoms with Crippen molar-refractivity contribution in [2.24, 2.45) is 5.10 Å². The van der Waals surface area contributed by atoms with Crippen molar-refractivity contribution in [3.63, 3.8) is 0 Å². The first-order valence-corrected chi connectivity index (χ1v) is 10.3. The maximum atomic E-state index is 12.4. The van der Waals surface area contributed by atoms with Crippen molar-refractivity contribution in [3.8, 4) is 5.75 Å². The van der Waals surface area contributed by atoms with Gasteiger partial charge in [-0.1, -0.05) is 64.5 Å². The number of carbonyl (C=O) groups is 1. The lowest BCUT2D eigenvalue weighted by molar-refractivity contribution is 0.0952. The van der Waals surface area contributed by atoms with Crippen LogP contribution in [0.4, 0.5) is 0 Å². The molecule has 0 unspecified atom stereocenters. The summed E-state index contributed by atoms with van der Waals surface area (Å²) in [4.78, 5) is 12.4. The van der Waals surface area contributed by atoms with Crippen LogP contribution in [-0.2, 0) is 6.54 Å². The lowest BCUT2D eigenvalue weighted by Gasteiger charge is -2.08. The van der Waals surface area contributed by atoms with Crippen molar-refractivity contribution >= 4 is 39.0 Å². The summed E-state index contributed by atoms with van der Waals surface area (Å²) < 4.78 is 2.95. The number of benzene rings is 3. The van der Waals surface area contributed by atoms with Crippen LogP contribution in [0.1, 0.15) is 27.2 Å². The van der Waals surface area contributed by atoms with Crippen LogP contribution in [0.25, 0.3) is 10.9 Å². The lowest BCUT2D eigenvalue weighted by Crippen LogP contribution is -2.17. The topological polar surface area (TPSA) is 66.6 Å². The van der Waals surface area contributed by atoms with E-state index in [2.05, 4.69) is 49.2 Å². The molecule has 0 aliphatic heterocycles. The Morgan fingerprint density at radius 1 is 1.10 bits per heavy atom. The molecule has 30 heavy (non-hydrogen) atoms. The van der Waals surface area contributed by atoms with E-state index in [1.165, 1.54) is 11.6 Å². The van der Waals surface area contributed by atoms with Gasteiger partial charge in [-0.15, -0.1) is 0 Å². The molecule has 150 valence electrons. The quantitative estimate of drug-likeness (QED) is 0.315. The largest absolute Gasteiger partial charge is 0.507 e. The lowest BCUT2D eigenvalue weighted by atomic mass is 10.1. The summed E-state index contributed by atoms with van der Waals surface area (Å²) in [5, 5.41) is 15.1. The van der Waals surface area contributed by atoms with Crippen LogP contribution in [-0.4, -0.2) is 21.8 Å². The van der Waals surface area contributed by atoms with Crippen molar-refractivity contribution in [3.05, 3.63) is 99.7 Å². The molecule has 1 heterocycles. The number of hydrogen-bond acceptors (Lipinski definition) is 3. The Labute approximate surface area is 182 Å². The number of para-hydroxylation sites is 1. The highest BCUT2D eigenvalue weighted by molar-refractivity contribution is 9.10. The standard InChI is InChI=1S/C24H20BrN3O2/c1-16-21(14-26-27-24(30)20-13-18(25)11-12-23(20)29)19-9-5-6-10-22(19)28(16)15-17-7-3-2-4-8-17/h2-14,29H,15H2,1H3,(H,27,30)/b26-14-. The van der Waals surface area contributed by atoms with Crippen LogP contribution in [0.3, 0.4) is 0 Å². The summed E-state index contributed by atoms with van der Waals surface area (Å²) >= 11 is 3.30. The van der Waals surface area contributed by atoms with Crippen molar-refractivity contribution < 1.29 is 9.90 Å². The number of aromatic hydroxyl groups is 1. The van der Waals surface area contributed by atoms with E-state index in [4.69, 9.17) is 0 Å². The Kier molecular flexibility index (Phi) is 5.68. The molecule has 0 bridgehead atoms. The summed E-state index contributed by atoms with van der Waals surface area (Å²) in [6, 6.07) is 23.1. The molecule has 0 radical (unpaired) electrons. The predicted molar refractivity (Wildman–Crippen MR) is 123 cm³/mol. The average Bonchev–Trinajstić information content (AvgIpc) is 3.02. The predicted octanol–water partition coefficient (Wildman–Crippen LogP) is 5.23. The minimum absolute atomic E-state index is 0.0958. The van der Waals surface area contributed by atoms with Crippen LogP contribution in [0.2, 0.25) is 0 Å². The van der Waals surface area contributed by atoms with Crippen molar-refractivity contribution in [1.29, 1.82) is 0 Å². The Balaban J connectivity index is 1.63. The fourth-order valence-corrected chi connectivity index (χ4v) is 3.86. The Morgan fingerprint density at radius 3 is 2.63 bits per heavy atom. The van der Waals surface area contributed by atoms with Gasteiger partial charge < -0.3 is 9.67 Å². The summed E-state index contributed by atoms with van der Waals surface area (Å²) in [6.07, 6.45) is 1.66. The van der Waals surface area contributed by atoms with Gasteiger partial charge >= 0.3 is 0 Å². The maximum absolute atomic E-state index is 12.4. The van der Waals surface area contributed by atoms with Gasteiger partial charge in [-0.05, 0) is 36.8 Å². The van der Waals surface area contributed by atoms with E-state index >= 15 is 0 Å². The van der Waals surface area contributed by atoms with Crippen molar-refractivity contribution in [1.82, 2.24) is 9.99 Å². The first-order chi connectivity index (χ1) is 14.5. The van der Waals surface area contributed by atoms with Gasteiger partial charge in [0.05, 0.1) is 11.8 Å². The van der Waals surface area contributed by atoms with Crippen molar-refractivity contribution in [2.45, 2.75) is 13.5 Å². The molecule has 0 aliphatic rings. The fourth-order valence-electron chi connectivity index (χ4n) is 3.50. The molecule has 3 aromatic carbocycles. The monoisotopic (exact) mass is 461 g/mol. The number of amides is 1. The molecule has 0 fully saturated rings. The van der Waals surface area contributed by atoms with Gasteiger partial charge in [0.1, 0.15) is 5.75 Å². The van der Waals surface area contributed by atoms with E-state index in [-0.39, 0.29) is 11.3 Å². The molecule has 2 N–H and O–H groups in total. The molecular weight excluding hydrogens is 442 g/mol. The van der Waals surface area contributed by atoms with E-state index in [1.807, 2.05) is 43.3 Å². The van der Waals surface area contributed by atoms with Crippen LogP contribution in [0, 0.1) is 6.92 Å². The molecule has 1 amide bonds. The molecule has 0 saturated heterocycles. The number of hydrazone groups is 1. The number of carbonyl (C=O) groups excluding carboxylic acids is 1. The van der Waals surface area contributed by atoms with Gasteiger partial charge in [0, 0.05) is 33.2 Å². The first-order valence-electron chi connectivity index (χ1n) is 9.48. The molecule has 6 heteroatoms. The smallest absolute Gasteiger partial charge is 0.275 e. The van der Waals surface area contributed by atoms with Gasteiger partial charge in [0.2, 0.25) is 0 Å². The van der Waals surface area contributed by atoms with Crippen molar-refractivity contribution in [2.75, 3.05) is 0 Å². The van der Waals surface area contributed by atoms with E-state index in [0.717, 1.165) is 28.7 Å². The summed E-state index contributed by atoms with van der Waals surface area (Å²) in [5.74, 6) is -0.572. The highest BCUT2D eigenvalue weighted by Crippen LogP contribution is 2.26. The molecule has 4 rings (SSSR count). The zero-order valence-electron chi connectivity index (χ0n) is 16.3. The molecule has 0 saturated carbocycles. The molecule has 1 aromatic heterocycles. The fraction of sp³-hybridized carbons (Fsp3) is 0.0833. The molecule has 0 atom stereocenters. The number of nitrogens with one attached hydrogen (secondary N) is 1. The third-order valence-electron chi connectivity index (χ3n) is 5.03. The van der Waals surface area contributed by atoms with E-state index < -0.39 is 5.91 Å². The van der Waals surface area contributed by atoms with Gasteiger partial charge in [0.25, 0.3) is 5.91 Å². The second kappa shape index (κ2) is 8.55. The summed E-state index contributed by atoms with van der Waals surface area (Å²) in [5.41, 5.74) is 6.99. The van der Waals surface area contributed by atoms with Crippen LogP contribution >= 0.6 is 15.9 Å². The number of phenols is 1. The van der Waals surface area contributed by atoms with Gasteiger partial charge in [0.15, 0.2) is 0 Å². The van der Waals surface area contributed by atoms with Gasteiger partial charge in [-0.3, -0.25) is 4.79 Å². The molecule has 0 spiro atoms. The molecular formula is C24H20BrN3O2. The molecule has 0 aliphatic carbocycles. The zero-order chi connectivity index (χ0) is 21.1. The molecule has 5 nitrogen and oxygen atoms in total. The summed E-state index contributed by atoms with van der Waals surface area (Å²) in [7, 11) is 0. The van der Waals surface area contributed by atoms with Crippen LogP contribution in [0.5, 0.6) is 5.75 Å². The minimum atomic E-state index is -0.476. The van der Waals surface area contributed by atoms with Crippen LogP contribution in [0.15, 0.2) is 82.4 Å². The Morgan fingerprint density at radius 2 is 1.83 bits per heavy atom. The van der Waals surface area contributed by atoms with E-state index in [9.17, 15) is 9.90 Å².